The second kappa shape index (κ2) is 6.01. The third-order valence-electron chi connectivity index (χ3n) is 3.86. The van der Waals surface area contributed by atoms with Crippen molar-refractivity contribution < 1.29 is 14.6 Å². The van der Waals surface area contributed by atoms with Gasteiger partial charge in [-0.25, -0.2) is 0 Å². The molecular weight excluding hydrogens is 288 g/mol. The number of nitrogens with one attached hydrogen (secondary N) is 1. The average molecular weight is 306 g/mol. The van der Waals surface area contributed by atoms with Gasteiger partial charge >= 0.3 is 0 Å². The van der Waals surface area contributed by atoms with Gasteiger partial charge in [-0.05, 0) is 36.4 Å². The normalized spacial score (nSPS) is 17.6. The molecule has 1 fully saturated rings. The molecule has 1 aliphatic rings. The lowest BCUT2D eigenvalue weighted by Crippen LogP contribution is -2.54. The van der Waals surface area contributed by atoms with Gasteiger partial charge in [-0.3, -0.25) is 4.79 Å². The van der Waals surface area contributed by atoms with Crippen LogP contribution in [0.2, 0.25) is 0 Å². The van der Waals surface area contributed by atoms with Crippen LogP contribution in [0.1, 0.15) is 22.5 Å². The van der Waals surface area contributed by atoms with E-state index in [1.54, 1.807) is 0 Å². The van der Waals surface area contributed by atoms with Gasteiger partial charge in [0.2, 0.25) is 0 Å². The Hall–Kier alpha value is -1.63. The number of aliphatic hydroxyl groups is 1. The molecule has 3 rings (SSSR count). The van der Waals surface area contributed by atoms with Gasteiger partial charge in [0, 0.05) is 25.6 Å². The van der Waals surface area contributed by atoms with E-state index in [4.69, 9.17) is 4.74 Å². The number of aliphatic hydroxyl groups excluding tert-OH is 1. The standard InChI is InChI=1S/C15H18N2O3S/c18-11-15(4-8-20-9-5-15)16-14(19)13-12(3-10-21-13)17-6-1-2-7-17/h1-3,6-7,10,18H,4-5,8-9,11H2,(H,16,19). The second-order valence-corrected chi connectivity index (χ2v) is 6.15. The summed E-state index contributed by atoms with van der Waals surface area (Å²) in [5.74, 6) is -0.135. The van der Waals surface area contributed by atoms with Crippen LogP contribution in [-0.4, -0.2) is 40.9 Å². The predicted octanol–water partition coefficient (Wildman–Crippen LogP) is 1.81. The number of thiophene rings is 1. The number of carbonyl (C=O) groups excluding carboxylic acids is 1. The fourth-order valence-electron chi connectivity index (χ4n) is 2.55. The van der Waals surface area contributed by atoms with Crippen molar-refractivity contribution in [3.63, 3.8) is 0 Å². The van der Waals surface area contributed by atoms with E-state index in [-0.39, 0.29) is 12.5 Å². The summed E-state index contributed by atoms with van der Waals surface area (Å²) in [6.45, 7) is 1.07. The minimum atomic E-state index is -0.562. The van der Waals surface area contributed by atoms with Crippen molar-refractivity contribution in [3.8, 4) is 5.69 Å². The minimum Gasteiger partial charge on any atom is -0.394 e. The summed E-state index contributed by atoms with van der Waals surface area (Å²) in [6.07, 6.45) is 5.10. The predicted molar refractivity (Wildman–Crippen MR) is 81.0 cm³/mol. The Kier molecular flexibility index (Phi) is 4.10. The molecule has 0 bridgehead atoms. The van der Waals surface area contributed by atoms with E-state index in [0.29, 0.717) is 30.9 Å². The summed E-state index contributed by atoms with van der Waals surface area (Å²) in [6, 6.07) is 5.77. The Balaban J connectivity index is 1.81. The van der Waals surface area contributed by atoms with Crippen LogP contribution in [0.3, 0.4) is 0 Å². The number of amides is 1. The van der Waals surface area contributed by atoms with Gasteiger partial charge in [0.05, 0.1) is 17.8 Å². The van der Waals surface area contributed by atoms with E-state index in [2.05, 4.69) is 5.32 Å². The minimum absolute atomic E-state index is 0.0632. The highest BCUT2D eigenvalue weighted by atomic mass is 32.1. The molecule has 0 unspecified atom stereocenters. The second-order valence-electron chi connectivity index (χ2n) is 5.23. The van der Waals surface area contributed by atoms with Gasteiger partial charge in [-0.2, -0.15) is 0 Å². The van der Waals surface area contributed by atoms with Gasteiger partial charge in [0.25, 0.3) is 5.91 Å². The van der Waals surface area contributed by atoms with Crippen LogP contribution in [0, 0.1) is 0 Å². The molecule has 2 aromatic rings. The number of rotatable bonds is 4. The van der Waals surface area contributed by atoms with Crippen LogP contribution in [0.15, 0.2) is 36.0 Å². The Morgan fingerprint density at radius 3 is 2.76 bits per heavy atom. The van der Waals surface area contributed by atoms with Crippen molar-refractivity contribution in [3.05, 3.63) is 40.8 Å². The molecule has 0 saturated carbocycles. The third-order valence-corrected chi connectivity index (χ3v) is 4.77. The fraction of sp³-hybridized carbons (Fsp3) is 0.400. The van der Waals surface area contributed by atoms with E-state index >= 15 is 0 Å². The first kappa shape index (κ1) is 14.3. The summed E-state index contributed by atoms with van der Waals surface area (Å²) in [7, 11) is 0. The Labute approximate surface area is 127 Å². The maximum atomic E-state index is 12.6. The summed E-state index contributed by atoms with van der Waals surface area (Å²) in [5.41, 5.74) is 0.301. The first-order chi connectivity index (χ1) is 10.2. The number of hydrogen-bond donors (Lipinski definition) is 2. The zero-order valence-corrected chi connectivity index (χ0v) is 12.4. The molecule has 0 atom stereocenters. The lowest BCUT2D eigenvalue weighted by atomic mass is 9.91. The number of nitrogens with zero attached hydrogens (tertiary/aromatic N) is 1. The van der Waals surface area contributed by atoms with Crippen LogP contribution in [0.4, 0.5) is 0 Å². The Morgan fingerprint density at radius 1 is 1.38 bits per heavy atom. The van der Waals surface area contributed by atoms with E-state index < -0.39 is 5.54 Å². The van der Waals surface area contributed by atoms with Crippen molar-refractivity contribution in [1.82, 2.24) is 9.88 Å². The molecule has 1 aliphatic heterocycles. The zero-order chi connectivity index (χ0) is 14.7. The SMILES string of the molecule is O=C(NC1(CO)CCOCC1)c1sccc1-n1cccc1. The first-order valence-corrected chi connectivity index (χ1v) is 7.84. The molecule has 0 radical (unpaired) electrons. The highest BCUT2D eigenvalue weighted by Crippen LogP contribution is 2.25. The molecular formula is C15H18N2O3S. The summed E-state index contributed by atoms with van der Waals surface area (Å²) >= 11 is 1.41. The molecule has 2 aromatic heterocycles. The number of ether oxygens (including phenoxy) is 1. The van der Waals surface area contributed by atoms with Gasteiger partial charge in [-0.15, -0.1) is 11.3 Å². The van der Waals surface area contributed by atoms with Crippen LogP contribution >= 0.6 is 11.3 Å². The molecule has 0 spiro atoms. The highest BCUT2D eigenvalue weighted by Gasteiger charge is 2.34. The molecule has 1 saturated heterocycles. The topological polar surface area (TPSA) is 63.5 Å². The molecule has 112 valence electrons. The van der Waals surface area contributed by atoms with Crippen molar-refractivity contribution in [2.75, 3.05) is 19.8 Å². The summed E-state index contributed by atoms with van der Waals surface area (Å²) in [5, 5.41) is 14.6. The molecule has 2 N–H and O–H groups in total. The molecule has 0 aliphatic carbocycles. The van der Waals surface area contributed by atoms with Crippen molar-refractivity contribution in [1.29, 1.82) is 0 Å². The molecule has 1 amide bonds. The van der Waals surface area contributed by atoms with Crippen molar-refractivity contribution in [2.45, 2.75) is 18.4 Å². The van der Waals surface area contributed by atoms with Crippen LogP contribution in [0.25, 0.3) is 5.69 Å². The van der Waals surface area contributed by atoms with Gasteiger partial charge < -0.3 is 19.7 Å². The van der Waals surface area contributed by atoms with Gasteiger partial charge in [0.1, 0.15) is 4.88 Å². The lowest BCUT2D eigenvalue weighted by Gasteiger charge is -2.36. The molecule has 3 heterocycles. The van der Waals surface area contributed by atoms with Gasteiger partial charge in [0.15, 0.2) is 0 Å². The van der Waals surface area contributed by atoms with E-state index in [9.17, 15) is 9.90 Å². The summed E-state index contributed by atoms with van der Waals surface area (Å²) in [4.78, 5) is 13.2. The van der Waals surface area contributed by atoms with E-state index in [0.717, 1.165) is 5.69 Å². The van der Waals surface area contributed by atoms with Crippen LogP contribution < -0.4 is 5.32 Å². The third kappa shape index (κ3) is 2.88. The highest BCUT2D eigenvalue weighted by molar-refractivity contribution is 7.12. The van der Waals surface area contributed by atoms with Crippen molar-refractivity contribution in [2.24, 2.45) is 0 Å². The van der Waals surface area contributed by atoms with E-state index in [1.165, 1.54) is 11.3 Å². The quantitative estimate of drug-likeness (QED) is 0.905. The molecule has 21 heavy (non-hydrogen) atoms. The molecule has 5 nitrogen and oxygen atoms in total. The maximum Gasteiger partial charge on any atom is 0.264 e. The van der Waals surface area contributed by atoms with Gasteiger partial charge in [-0.1, -0.05) is 0 Å². The van der Waals surface area contributed by atoms with Crippen LogP contribution in [-0.2, 0) is 4.74 Å². The smallest absolute Gasteiger partial charge is 0.264 e. The summed E-state index contributed by atoms with van der Waals surface area (Å²) < 4.78 is 7.24. The molecule has 6 heteroatoms. The number of aromatic nitrogens is 1. The lowest BCUT2D eigenvalue weighted by molar-refractivity contribution is 0.0126. The molecule has 0 aromatic carbocycles. The zero-order valence-electron chi connectivity index (χ0n) is 11.6. The Morgan fingerprint density at radius 2 is 2.10 bits per heavy atom. The largest absolute Gasteiger partial charge is 0.394 e. The monoisotopic (exact) mass is 306 g/mol. The number of hydrogen-bond acceptors (Lipinski definition) is 4. The fourth-order valence-corrected chi connectivity index (χ4v) is 3.34. The maximum absolute atomic E-state index is 12.6. The van der Waals surface area contributed by atoms with Crippen molar-refractivity contribution >= 4 is 17.2 Å². The van der Waals surface area contributed by atoms with Crippen LogP contribution in [0.5, 0.6) is 0 Å². The first-order valence-electron chi connectivity index (χ1n) is 6.96. The average Bonchev–Trinajstić information content (AvgIpc) is 3.18. The van der Waals surface area contributed by atoms with E-state index in [1.807, 2.05) is 40.5 Å². The Bertz CT molecular complexity index is 600. The number of carbonyl (C=O) groups is 1.